The first-order chi connectivity index (χ1) is 10.2. The summed E-state index contributed by atoms with van der Waals surface area (Å²) in [5, 5.41) is 6.02. The smallest absolute Gasteiger partial charge is 0.0365 e. The fourth-order valence-corrected chi connectivity index (χ4v) is 5.64. The van der Waals surface area contributed by atoms with Crippen molar-refractivity contribution in [1.82, 2.24) is 10.2 Å². The summed E-state index contributed by atoms with van der Waals surface area (Å²) in [6.45, 7) is 10.2. The molecule has 1 aliphatic rings. The van der Waals surface area contributed by atoms with Crippen molar-refractivity contribution in [1.29, 1.82) is 0 Å². The molecule has 0 spiro atoms. The van der Waals surface area contributed by atoms with Crippen molar-refractivity contribution in [3.63, 3.8) is 0 Å². The van der Waals surface area contributed by atoms with Gasteiger partial charge in [-0.3, -0.25) is 4.90 Å². The lowest BCUT2D eigenvalue weighted by Gasteiger charge is -2.46. The number of halogens is 1. The summed E-state index contributed by atoms with van der Waals surface area (Å²) in [4.78, 5) is 4.20. The van der Waals surface area contributed by atoms with Gasteiger partial charge in [0.1, 0.15) is 0 Å². The third kappa shape index (κ3) is 3.72. The molecule has 0 amide bonds. The van der Waals surface area contributed by atoms with Crippen LogP contribution in [0.5, 0.6) is 0 Å². The Bertz CT molecular complexity index is 422. The molecule has 1 aromatic heterocycles. The van der Waals surface area contributed by atoms with E-state index >= 15 is 0 Å². The predicted molar refractivity (Wildman–Crippen MR) is 97.3 cm³/mol. The van der Waals surface area contributed by atoms with Crippen LogP contribution in [-0.4, -0.2) is 36.1 Å². The molecule has 1 aromatic rings. The average molecular weight is 373 g/mol. The molecule has 1 fully saturated rings. The number of thiophene rings is 1. The Balaban J connectivity index is 2.26. The Morgan fingerprint density at radius 1 is 1.29 bits per heavy atom. The molecule has 4 heteroatoms. The van der Waals surface area contributed by atoms with Gasteiger partial charge in [-0.2, -0.15) is 0 Å². The molecule has 1 heterocycles. The van der Waals surface area contributed by atoms with E-state index in [4.69, 9.17) is 0 Å². The summed E-state index contributed by atoms with van der Waals surface area (Å²) >= 11 is 5.60. The number of rotatable bonds is 8. The topological polar surface area (TPSA) is 15.3 Å². The lowest BCUT2D eigenvalue weighted by Crippen LogP contribution is -2.60. The van der Waals surface area contributed by atoms with Gasteiger partial charge in [-0.05, 0) is 59.9 Å². The summed E-state index contributed by atoms with van der Waals surface area (Å²) < 4.78 is 1.28. The van der Waals surface area contributed by atoms with Gasteiger partial charge in [-0.1, -0.05) is 33.6 Å². The zero-order valence-corrected chi connectivity index (χ0v) is 16.0. The van der Waals surface area contributed by atoms with E-state index in [9.17, 15) is 0 Å². The van der Waals surface area contributed by atoms with Crippen LogP contribution < -0.4 is 5.32 Å². The van der Waals surface area contributed by atoms with E-state index < -0.39 is 0 Å². The van der Waals surface area contributed by atoms with E-state index in [2.05, 4.69) is 58.4 Å². The van der Waals surface area contributed by atoms with Crippen LogP contribution in [0.2, 0.25) is 0 Å². The molecule has 1 N–H and O–H groups in total. The van der Waals surface area contributed by atoms with Crippen LogP contribution in [0.3, 0.4) is 0 Å². The third-order valence-electron chi connectivity index (χ3n) is 5.04. The fourth-order valence-electron chi connectivity index (χ4n) is 4.08. The molecule has 0 radical (unpaired) electrons. The van der Waals surface area contributed by atoms with Gasteiger partial charge in [0.2, 0.25) is 0 Å². The van der Waals surface area contributed by atoms with Gasteiger partial charge in [-0.25, -0.2) is 0 Å². The van der Waals surface area contributed by atoms with Crippen molar-refractivity contribution < 1.29 is 0 Å². The molecule has 1 unspecified atom stereocenters. The Labute approximate surface area is 142 Å². The maximum Gasteiger partial charge on any atom is 0.0365 e. The standard InChI is InChI=1S/C17H29BrN2S/c1-4-19-16(13-15-14(18)9-12-21-15)17(10-7-8-11-17)20(5-2)6-3/h9,12,16,19H,4-8,10-11,13H2,1-3H3. The maximum atomic E-state index is 3.82. The van der Waals surface area contributed by atoms with Gasteiger partial charge in [0.15, 0.2) is 0 Å². The predicted octanol–water partition coefficient (Wildman–Crippen LogP) is 4.69. The highest BCUT2D eigenvalue weighted by Gasteiger charge is 2.44. The highest BCUT2D eigenvalue weighted by molar-refractivity contribution is 9.10. The lowest BCUT2D eigenvalue weighted by molar-refractivity contribution is 0.0638. The molecule has 2 rings (SSSR count). The van der Waals surface area contributed by atoms with Crippen LogP contribution in [0.25, 0.3) is 0 Å². The van der Waals surface area contributed by atoms with Gasteiger partial charge in [0.05, 0.1) is 0 Å². The first-order valence-electron chi connectivity index (χ1n) is 8.38. The second-order valence-electron chi connectivity index (χ2n) is 5.99. The van der Waals surface area contributed by atoms with Crippen LogP contribution in [0.1, 0.15) is 51.3 Å². The summed E-state index contributed by atoms with van der Waals surface area (Å²) in [6.07, 6.45) is 6.58. The Morgan fingerprint density at radius 3 is 2.43 bits per heavy atom. The van der Waals surface area contributed by atoms with Gasteiger partial charge >= 0.3 is 0 Å². The molecule has 21 heavy (non-hydrogen) atoms. The van der Waals surface area contributed by atoms with E-state index in [1.54, 1.807) is 0 Å². The highest BCUT2D eigenvalue weighted by atomic mass is 79.9. The SMILES string of the molecule is CCNC(Cc1sccc1Br)C1(N(CC)CC)CCCC1. The Kier molecular flexibility index (Phi) is 6.73. The van der Waals surface area contributed by atoms with E-state index in [0.717, 1.165) is 26.1 Å². The van der Waals surface area contributed by atoms with Crippen molar-refractivity contribution in [2.45, 2.75) is 64.5 Å². The van der Waals surface area contributed by atoms with E-state index in [1.165, 1.54) is 35.0 Å². The number of nitrogens with one attached hydrogen (secondary N) is 1. The molecule has 0 aromatic carbocycles. The summed E-state index contributed by atoms with van der Waals surface area (Å²) in [5.41, 5.74) is 0.350. The van der Waals surface area contributed by atoms with E-state index in [1.807, 2.05) is 11.3 Å². The first-order valence-corrected chi connectivity index (χ1v) is 10.1. The van der Waals surface area contributed by atoms with Crippen LogP contribution >= 0.6 is 27.3 Å². The van der Waals surface area contributed by atoms with Crippen molar-refractivity contribution >= 4 is 27.3 Å². The molecule has 0 bridgehead atoms. The van der Waals surface area contributed by atoms with Gasteiger partial charge in [0, 0.05) is 27.4 Å². The first kappa shape index (κ1) is 17.5. The molecule has 120 valence electrons. The van der Waals surface area contributed by atoms with Crippen molar-refractivity contribution in [2.24, 2.45) is 0 Å². The molecule has 0 aliphatic heterocycles. The minimum atomic E-state index is 0.350. The minimum absolute atomic E-state index is 0.350. The van der Waals surface area contributed by atoms with Gasteiger partial charge in [-0.15, -0.1) is 11.3 Å². The normalized spacial score (nSPS) is 19.3. The third-order valence-corrected chi connectivity index (χ3v) is 6.99. The molecule has 1 aliphatic carbocycles. The Hall–Kier alpha value is 0.1000. The van der Waals surface area contributed by atoms with E-state index in [0.29, 0.717) is 11.6 Å². The summed E-state index contributed by atoms with van der Waals surface area (Å²) in [7, 11) is 0. The average Bonchev–Trinajstić information content (AvgIpc) is 3.11. The Morgan fingerprint density at radius 2 is 1.95 bits per heavy atom. The number of hydrogen-bond acceptors (Lipinski definition) is 3. The van der Waals surface area contributed by atoms with Gasteiger partial charge < -0.3 is 5.32 Å². The zero-order valence-electron chi connectivity index (χ0n) is 13.6. The number of hydrogen-bond donors (Lipinski definition) is 1. The molecule has 1 atom stereocenters. The number of nitrogens with zero attached hydrogens (tertiary/aromatic N) is 1. The monoisotopic (exact) mass is 372 g/mol. The van der Waals surface area contributed by atoms with Crippen molar-refractivity contribution in [3.8, 4) is 0 Å². The van der Waals surface area contributed by atoms with Crippen LogP contribution in [-0.2, 0) is 6.42 Å². The molecular formula is C17H29BrN2S. The van der Waals surface area contributed by atoms with E-state index in [-0.39, 0.29) is 0 Å². The largest absolute Gasteiger partial charge is 0.312 e. The van der Waals surface area contributed by atoms with Crippen LogP contribution in [0, 0.1) is 0 Å². The second kappa shape index (κ2) is 8.09. The minimum Gasteiger partial charge on any atom is -0.312 e. The maximum absolute atomic E-state index is 3.82. The van der Waals surface area contributed by atoms with Crippen LogP contribution in [0.15, 0.2) is 15.9 Å². The molecule has 1 saturated carbocycles. The second-order valence-corrected chi connectivity index (χ2v) is 7.84. The molecule has 0 saturated heterocycles. The summed E-state index contributed by atoms with van der Waals surface area (Å²) in [6, 6.07) is 2.74. The zero-order chi connectivity index (χ0) is 15.3. The van der Waals surface area contributed by atoms with Crippen LogP contribution in [0.4, 0.5) is 0 Å². The fraction of sp³-hybridized carbons (Fsp3) is 0.765. The van der Waals surface area contributed by atoms with Crippen molar-refractivity contribution in [2.75, 3.05) is 19.6 Å². The summed E-state index contributed by atoms with van der Waals surface area (Å²) in [5.74, 6) is 0. The molecule has 2 nitrogen and oxygen atoms in total. The highest BCUT2D eigenvalue weighted by Crippen LogP contribution is 2.40. The van der Waals surface area contributed by atoms with Gasteiger partial charge in [0.25, 0.3) is 0 Å². The number of likely N-dealkylation sites (N-methyl/N-ethyl adjacent to an activating group) is 2. The molecular weight excluding hydrogens is 344 g/mol. The quantitative estimate of drug-likeness (QED) is 0.711. The van der Waals surface area contributed by atoms with Crippen molar-refractivity contribution in [3.05, 3.63) is 20.8 Å². The lowest BCUT2D eigenvalue weighted by atomic mass is 9.83.